The quantitative estimate of drug-likeness (QED) is 0.833. The molecule has 0 spiro atoms. The molecule has 144 valence electrons. The van der Waals surface area contributed by atoms with Crippen molar-refractivity contribution in [2.45, 2.75) is 57.2 Å². The zero-order valence-electron chi connectivity index (χ0n) is 15.3. The Labute approximate surface area is 154 Å². The van der Waals surface area contributed by atoms with Crippen LogP contribution < -0.4 is 9.47 Å². The number of nitrogens with zero attached hydrogens (tertiary/aromatic N) is 1. The van der Waals surface area contributed by atoms with Gasteiger partial charge in [0.1, 0.15) is 18.0 Å². The molecule has 5 nitrogen and oxygen atoms in total. The Morgan fingerprint density at radius 2 is 1.88 bits per heavy atom. The number of aliphatic hydroxyl groups is 1. The number of hydrogen-bond donors (Lipinski definition) is 1. The highest BCUT2D eigenvalue weighted by Crippen LogP contribution is 2.31. The SMILES string of the molecule is COc1cc(F)ccc1O[C@@H]1CCN(C(=O)C2CCCCCC2)C[C@H]1O. The molecule has 1 saturated carbocycles. The first kappa shape index (κ1) is 19.0. The summed E-state index contributed by atoms with van der Waals surface area (Å²) in [5.74, 6) is 0.567. The predicted molar refractivity (Wildman–Crippen MR) is 95.8 cm³/mol. The summed E-state index contributed by atoms with van der Waals surface area (Å²) >= 11 is 0. The van der Waals surface area contributed by atoms with E-state index in [2.05, 4.69) is 0 Å². The smallest absolute Gasteiger partial charge is 0.225 e. The summed E-state index contributed by atoms with van der Waals surface area (Å²) in [6.45, 7) is 0.851. The number of rotatable bonds is 4. The van der Waals surface area contributed by atoms with Gasteiger partial charge in [0.15, 0.2) is 11.5 Å². The number of hydrogen-bond acceptors (Lipinski definition) is 4. The number of likely N-dealkylation sites (tertiary alicyclic amines) is 1. The molecule has 1 aliphatic carbocycles. The average molecular weight is 365 g/mol. The third kappa shape index (κ3) is 4.47. The summed E-state index contributed by atoms with van der Waals surface area (Å²) in [7, 11) is 1.45. The first-order chi connectivity index (χ1) is 12.6. The van der Waals surface area contributed by atoms with E-state index in [4.69, 9.17) is 9.47 Å². The molecule has 1 aliphatic heterocycles. The summed E-state index contributed by atoms with van der Waals surface area (Å²) in [6, 6.07) is 4.06. The Kier molecular flexibility index (Phi) is 6.35. The molecule has 1 N–H and O–H groups in total. The molecule has 1 aromatic carbocycles. The number of benzene rings is 1. The van der Waals surface area contributed by atoms with Crippen molar-refractivity contribution in [3.63, 3.8) is 0 Å². The largest absolute Gasteiger partial charge is 0.493 e. The van der Waals surface area contributed by atoms with Gasteiger partial charge in [-0.2, -0.15) is 0 Å². The third-order valence-electron chi connectivity index (χ3n) is 5.44. The van der Waals surface area contributed by atoms with Crippen molar-refractivity contribution < 1.29 is 23.8 Å². The lowest BCUT2D eigenvalue weighted by molar-refractivity contribution is -0.141. The van der Waals surface area contributed by atoms with E-state index < -0.39 is 18.0 Å². The molecule has 2 aliphatic rings. The molecule has 1 amide bonds. The molecule has 1 saturated heterocycles. The van der Waals surface area contributed by atoms with Crippen LogP contribution in [-0.2, 0) is 4.79 Å². The van der Waals surface area contributed by atoms with E-state index >= 15 is 0 Å². The van der Waals surface area contributed by atoms with E-state index in [1.807, 2.05) is 0 Å². The van der Waals surface area contributed by atoms with Crippen LogP contribution >= 0.6 is 0 Å². The van der Waals surface area contributed by atoms with Crippen molar-refractivity contribution in [2.75, 3.05) is 20.2 Å². The van der Waals surface area contributed by atoms with Crippen LogP contribution in [-0.4, -0.2) is 48.3 Å². The van der Waals surface area contributed by atoms with Gasteiger partial charge < -0.3 is 19.5 Å². The fraction of sp³-hybridized carbons (Fsp3) is 0.650. The minimum atomic E-state index is -0.770. The van der Waals surface area contributed by atoms with Crippen molar-refractivity contribution >= 4 is 5.91 Å². The van der Waals surface area contributed by atoms with Crippen molar-refractivity contribution in [1.82, 2.24) is 4.90 Å². The molecule has 0 unspecified atom stereocenters. The van der Waals surface area contributed by atoms with E-state index in [0.29, 0.717) is 24.5 Å². The zero-order valence-corrected chi connectivity index (χ0v) is 15.3. The van der Waals surface area contributed by atoms with Gasteiger partial charge >= 0.3 is 0 Å². The van der Waals surface area contributed by atoms with Crippen molar-refractivity contribution in [1.29, 1.82) is 0 Å². The molecule has 2 atom stereocenters. The molecule has 0 aromatic heterocycles. The lowest BCUT2D eigenvalue weighted by atomic mass is 9.96. The Balaban J connectivity index is 1.59. The molecule has 3 rings (SSSR count). The van der Waals surface area contributed by atoms with Crippen LogP contribution in [0.2, 0.25) is 0 Å². The van der Waals surface area contributed by atoms with Crippen molar-refractivity contribution in [3.05, 3.63) is 24.0 Å². The first-order valence-corrected chi connectivity index (χ1v) is 9.55. The molecule has 2 fully saturated rings. The minimum absolute atomic E-state index is 0.0966. The number of carbonyl (C=O) groups excluding carboxylic acids is 1. The zero-order chi connectivity index (χ0) is 18.5. The van der Waals surface area contributed by atoms with Crippen LogP contribution in [0.5, 0.6) is 11.5 Å². The van der Waals surface area contributed by atoms with E-state index in [1.165, 1.54) is 38.2 Å². The van der Waals surface area contributed by atoms with Gasteiger partial charge in [0.25, 0.3) is 0 Å². The van der Waals surface area contributed by atoms with Gasteiger partial charge in [0, 0.05) is 24.9 Å². The van der Waals surface area contributed by atoms with Crippen LogP contribution in [0.15, 0.2) is 18.2 Å². The molecule has 1 heterocycles. The topological polar surface area (TPSA) is 59.0 Å². The fourth-order valence-electron chi connectivity index (χ4n) is 3.93. The normalized spacial score (nSPS) is 24.8. The van der Waals surface area contributed by atoms with E-state index in [-0.39, 0.29) is 18.4 Å². The second-order valence-electron chi connectivity index (χ2n) is 7.28. The van der Waals surface area contributed by atoms with Gasteiger partial charge in [0.05, 0.1) is 13.7 Å². The predicted octanol–water partition coefficient (Wildman–Crippen LogP) is 3.15. The fourth-order valence-corrected chi connectivity index (χ4v) is 3.93. The summed E-state index contributed by atoms with van der Waals surface area (Å²) in [5.41, 5.74) is 0. The summed E-state index contributed by atoms with van der Waals surface area (Å²) < 4.78 is 24.3. The number of methoxy groups -OCH3 is 1. The van der Waals surface area contributed by atoms with Crippen LogP contribution in [0.3, 0.4) is 0 Å². The number of ether oxygens (including phenoxy) is 2. The Morgan fingerprint density at radius 1 is 1.15 bits per heavy atom. The van der Waals surface area contributed by atoms with Gasteiger partial charge in [-0.15, -0.1) is 0 Å². The number of carbonyl (C=O) groups is 1. The molecule has 0 bridgehead atoms. The summed E-state index contributed by atoms with van der Waals surface area (Å²) in [5, 5.41) is 10.5. The minimum Gasteiger partial charge on any atom is -0.493 e. The molecule has 6 heteroatoms. The number of amides is 1. The number of piperidine rings is 1. The summed E-state index contributed by atoms with van der Waals surface area (Å²) in [6.07, 6.45) is 5.90. The number of β-amino-alcohol motifs (C(OH)–C–C–N with tert-alkyl or cyclic N) is 1. The molecule has 26 heavy (non-hydrogen) atoms. The van der Waals surface area contributed by atoms with Gasteiger partial charge in [-0.25, -0.2) is 4.39 Å². The first-order valence-electron chi connectivity index (χ1n) is 9.55. The van der Waals surface area contributed by atoms with Crippen molar-refractivity contribution in [2.24, 2.45) is 5.92 Å². The maximum Gasteiger partial charge on any atom is 0.225 e. The maximum atomic E-state index is 13.3. The monoisotopic (exact) mass is 365 g/mol. The van der Waals surface area contributed by atoms with Gasteiger partial charge in [-0.3, -0.25) is 4.79 Å². The molecule has 1 aromatic rings. The van der Waals surface area contributed by atoms with Crippen LogP contribution in [0.25, 0.3) is 0 Å². The van der Waals surface area contributed by atoms with Gasteiger partial charge in [-0.05, 0) is 25.0 Å². The molecular weight excluding hydrogens is 337 g/mol. The second-order valence-corrected chi connectivity index (χ2v) is 7.28. The van der Waals surface area contributed by atoms with Gasteiger partial charge in [-0.1, -0.05) is 25.7 Å². The number of aliphatic hydroxyl groups excluding tert-OH is 1. The Bertz CT molecular complexity index is 616. The number of halogens is 1. The van der Waals surface area contributed by atoms with Crippen LogP contribution in [0, 0.1) is 11.7 Å². The van der Waals surface area contributed by atoms with E-state index in [0.717, 1.165) is 25.7 Å². The highest BCUT2D eigenvalue weighted by Gasteiger charge is 2.34. The second kappa shape index (κ2) is 8.71. The standard InChI is InChI=1S/C20H28FNO4/c1-25-19-12-15(21)8-9-18(19)26-17-10-11-22(13-16(17)23)20(24)14-6-4-2-3-5-7-14/h8-9,12,14,16-17,23H,2-7,10-11,13H2,1H3/t16-,17-/m1/s1. The Hall–Kier alpha value is -1.82. The summed E-state index contributed by atoms with van der Waals surface area (Å²) in [4.78, 5) is 14.5. The lowest BCUT2D eigenvalue weighted by Crippen LogP contribution is -2.52. The highest BCUT2D eigenvalue weighted by molar-refractivity contribution is 5.79. The van der Waals surface area contributed by atoms with Crippen LogP contribution in [0.1, 0.15) is 44.9 Å². The van der Waals surface area contributed by atoms with Crippen molar-refractivity contribution in [3.8, 4) is 11.5 Å². The lowest BCUT2D eigenvalue weighted by Gasteiger charge is -2.37. The van der Waals surface area contributed by atoms with E-state index in [1.54, 1.807) is 4.90 Å². The highest BCUT2D eigenvalue weighted by atomic mass is 19.1. The van der Waals surface area contributed by atoms with E-state index in [9.17, 15) is 14.3 Å². The Morgan fingerprint density at radius 3 is 2.54 bits per heavy atom. The third-order valence-corrected chi connectivity index (χ3v) is 5.44. The maximum absolute atomic E-state index is 13.3. The average Bonchev–Trinajstić information content (AvgIpc) is 2.93. The molecular formula is C20H28FNO4. The molecule has 0 radical (unpaired) electrons. The van der Waals surface area contributed by atoms with Crippen LogP contribution in [0.4, 0.5) is 4.39 Å². The van der Waals surface area contributed by atoms with Gasteiger partial charge in [0.2, 0.25) is 5.91 Å².